The fraction of sp³-hybridized carbons (Fsp3) is 0.667. The standard InChI is InChI=1S/C12H20ClN3O2/c1-10(2)16-6-5-14-11(12(16)17)15(3)7-9-18-8-4-13/h5-6,10H,4,7-9H2,1-3H3. The zero-order chi connectivity index (χ0) is 13.5. The zero-order valence-corrected chi connectivity index (χ0v) is 11.9. The minimum absolute atomic E-state index is 0.0765. The van der Waals surface area contributed by atoms with E-state index in [1.165, 1.54) is 0 Å². The first kappa shape index (κ1) is 15.0. The van der Waals surface area contributed by atoms with Gasteiger partial charge >= 0.3 is 0 Å². The van der Waals surface area contributed by atoms with E-state index in [1.807, 2.05) is 20.9 Å². The number of anilines is 1. The Morgan fingerprint density at radius 1 is 1.50 bits per heavy atom. The van der Waals surface area contributed by atoms with E-state index in [-0.39, 0.29) is 11.6 Å². The van der Waals surface area contributed by atoms with Crippen molar-refractivity contribution in [3.63, 3.8) is 0 Å². The molecule has 5 nitrogen and oxygen atoms in total. The van der Waals surface area contributed by atoms with Crippen LogP contribution in [0.4, 0.5) is 5.82 Å². The van der Waals surface area contributed by atoms with Crippen molar-refractivity contribution < 1.29 is 4.74 Å². The normalized spacial score (nSPS) is 10.9. The highest BCUT2D eigenvalue weighted by Crippen LogP contribution is 2.04. The highest BCUT2D eigenvalue weighted by atomic mass is 35.5. The van der Waals surface area contributed by atoms with Crippen LogP contribution in [0, 0.1) is 0 Å². The van der Waals surface area contributed by atoms with Gasteiger partial charge in [-0.2, -0.15) is 0 Å². The van der Waals surface area contributed by atoms with Crippen LogP contribution in [0.15, 0.2) is 17.2 Å². The van der Waals surface area contributed by atoms with Crippen LogP contribution in [-0.4, -0.2) is 42.2 Å². The van der Waals surface area contributed by atoms with Gasteiger partial charge in [-0.15, -0.1) is 11.6 Å². The smallest absolute Gasteiger partial charge is 0.293 e. The molecule has 0 unspecified atom stereocenters. The second kappa shape index (κ2) is 7.38. The molecule has 0 aromatic carbocycles. The number of alkyl halides is 1. The summed E-state index contributed by atoms with van der Waals surface area (Å²) >= 11 is 5.51. The van der Waals surface area contributed by atoms with Crippen molar-refractivity contribution in [2.75, 3.05) is 37.6 Å². The lowest BCUT2D eigenvalue weighted by molar-refractivity contribution is 0.156. The second-order valence-corrected chi connectivity index (χ2v) is 4.66. The Labute approximate surface area is 112 Å². The molecular weight excluding hydrogens is 254 g/mol. The van der Waals surface area contributed by atoms with Crippen LogP contribution in [-0.2, 0) is 4.74 Å². The number of rotatable bonds is 7. The third kappa shape index (κ3) is 3.99. The van der Waals surface area contributed by atoms with Gasteiger partial charge in [0, 0.05) is 37.9 Å². The summed E-state index contributed by atoms with van der Waals surface area (Å²) in [5.41, 5.74) is -0.0765. The third-order valence-electron chi connectivity index (χ3n) is 2.56. The first-order valence-corrected chi connectivity index (χ1v) is 6.53. The first-order valence-electron chi connectivity index (χ1n) is 6.00. The Morgan fingerprint density at radius 3 is 2.83 bits per heavy atom. The molecule has 0 radical (unpaired) electrons. The quantitative estimate of drug-likeness (QED) is 0.558. The van der Waals surface area contributed by atoms with E-state index in [2.05, 4.69) is 4.98 Å². The van der Waals surface area contributed by atoms with E-state index in [9.17, 15) is 4.79 Å². The average molecular weight is 274 g/mol. The minimum atomic E-state index is -0.0765. The molecule has 0 aliphatic carbocycles. The largest absolute Gasteiger partial charge is 0.378 e. The van der Waals surface area contributed by atoms with Crippen molar-refractivity contribution in [3.05, 3.63) is 22.7 Å². The Kier molecular flexibility index (Phi) is 6.15. The molecule has 0 spiro atoms. The van der Waals surface area contributed by atoms with Gasteiger partial charge in [0.05, 0.1) is 13.2 Å². The van der Waals surface area contributed by atoms with Gasteiger partial charge in [0.15, 0.2) is 5.82 Å². The SMILES string of the molecule is CC(C)n1ccnc(N(C)CCOCCCl)c1=O. The van der Waals surface area contributed by atoms with Crippen LogP contribution in [0.25, 0.3) is 0 Å². The van der Waals surface area contributed by atoms with Gasteiger partial charge in [-0.1, -0.05) is 0 Å². The van der Waals surface area contributed by atoms with Gasteiger partial charge in [-0.25, -0.2) is 4.98 Å². The van der Waals surface area contributed by atoms with Crippen molar-refractivity contribution in [1.29, 1.82) is 0 Å². The number of hydrogen-bond donors (Lipinski definition) is 0. The first-order chi connectivity index (χ1) is 8.57. The number of hydrogen-bond acceptors (Lipinski definition) is 4. The van der Waals surface area contributed by atoms with E-state index in [0.717, 1.165) is 0 Å². The highest BCUT2D eigenvalue weighted by Gasteiger charge is 2.11. The summed E-state index contributed by atoms with van der Waals surface area (Å²) in [6.45, 7) is 5.60. The fourth-order valence-electron chi connectivity index (χ4n) is 1.55. The van der Waals surface area contributed by atoms with Crippen LogP contribution in [0.5, 0.6) is 0 Å². The van der Waals surface area contributed by atoms with E-state index in [0.29, 0.717) is 31.5 Å². The molecule has 0 atom stereocenters. The van der Waals surface area contributed by atoms with Gasteiger partial charge in [-0.3, -0.25) is 4.79 Å². The third-order valence-corrected chi connectivity index (χ3v) is 2.71. The highest BCUT2D eigenvalue weighted by molar-refractivity contribution is 6.17. The zero-order valence-electron chi connectivity index (χ0n) is 11.1. The summed E-state index contributed by atoms with van der Waals surface area (Å²) in [5, 5.41) is 0. The van der Waals surface area contributed by atoms with Crippen molar-refractivity contribution in [2.45, 2.75) is 19.9 Å². The van der Waals surface area contributed by atoms with Crippen LogP contribution in [0.3, 0.4) is 0 Å². The van der Waals surface area contributed by atoms with E-state index in [1.54, 1.807) is 21.9 Å². The van der Waals surface area contributed by atoms with Crippen LogP contribution in [0.1, 0.15) is 19.9 Å². The molecule has 0 amide bonds. The molecule has 0 N–H and O–H groups in total. The molecule has 0 saturated carbocycles. The molecule has 6 heteroatoms. The molecule has 1 rings (SSSR count). The summed E-state index contributed by atoms with van der Waals surface area (Å²) in [7, 11) is 1.83. The molecular formula is C12H20ClN3O2. The Bertz CT molecular complexity index is 420. The average Bonchev–Trinajstić information content (AvgIpc) is 2.34. The van der Waals surface area contributed by atoms with E-state index < -0.39 is 0 Å². The van der Waals surface area contributed by atoms with Crippen molar-refractivity contribution in [2.24, 2.45) is 0 Å². The van der Waals surface area contributed by atoms with Gasteiger partial charge < -0.3 is 14.2 Å². The van der Waals surface area contributed by atoms with Crippen LogP contribution in [0.2, 0.25) is 0 Å². The summed E-state index contributed by atoms with van der Waals surface area (Å²) < 4.78 is 6.95. The maximum atomic E-state index is 12.1. The molecule has 0 bridgehead atoms. The molecule has 18 heavy (non-hydrogen) atoms. The monoisotopic (exact) mass is 273 g/mol. The number of aromatic nitrogens is 2. The van der Waals surface area contributed by atoms with Gasteiger partial charge in [0.2, 0.25) is 0 Å². The second-order valence-electron chi connectivity index (χ2n) is 4.28. The van der Waals surface area contributed by atoms with Gasteiger partial charge in [-0.05, 0) is 13.8 Å². The van der Waals surface area contributed by atoms with Crippen molar-refractivity contribution >= 4 is 17.4 Å². The number of likely N-dealkylation sites (N-methyl/N-ethyl adjacent to an activating group) is 1. The topological polar surface area (TPSA) is 47.4 Å². The number of nitrogens with zero attached hydrogens (tertiary/aromatic N) is 3. The lowest BCUT2D eigenvalue weighted by atomic mass is 10.4. The van der Waals surface area contributed by atoms with Gasteiger partial charge in [0.25, 0.3) is 5.56 Å². The maximum Gasteiger partial charge on any atom is 0.293 e. The lowest BCUT2D eigenvalue weighted by Gasteiger charge is -2.19. The Balaban J connectivity index is 2.71. The minimum Gasteiger partial charge on any atom is -0.378 e. The van der Waals surface area contributed by atoms with Crippen LogP contribution >= 0.6 is 11.6 Å². The number of ether oxygens (including phenoxy) is 1. The molecule has 102 valence electrons. The molecule has 0 aliphatic rings. The molecule has 1 aromatic rings. The molecule has 1 heterocycles. The Morgan fingerprint density at radius 2 is 2.22 bits per heavy atom. The predicted molar refractivity (Wildman–Crippen MR) is 73.7 cm³/mol. The molecule has 0 saturated heterocycles. The predicted octanol–water partition coefficient (Wildman–Crippen LogP) is 1.52. The van der Waals surface area contributed by atoms with Crippen LogP contribution < -0.4 is 10.5 Å². The molecule has 0 aliphatic heterocycles. The lowest BCUT2D eigenvalue weighted by Crippen LogP contribution is -2.33. The number of halogens is 1. The molecule has 1 aromatic heterocycles. The fourth-order valence-corrected chi connectivity index (χ4v) is 1.66. The summed E-state index contributed by atoms with van der Waals surface area (Å²) in [6, 6.07) is 0.125. The van der Waals surface area contributed by atoms with E-state index in [4.69, 9.17) is 16.3 Å². The summed E-state index contributed by atoms with van der Waals surface area (Å²) in [6.07, 6.45) is 3.35. The molecule has 0 fully saturated rings. The summed E-state index contributed by atoms with van der Waals surface area (Å²) in [4.78, 5) is 18.1. The van der Waals surface area contributed by atoms with Crippen molar-refractivity contribution in [1.82, 2.24) is 9.55 Å². The van der Waals surface area contributed by atoms with Gasteiger partial charge in [0.1, 0.15) is 0 Å². The van der Waals surface area contributed by atoms with Crippen molar-refractivity contribution in [3.8, 4) is 0 Å². The summed E-state index contributed by atoms with van der Waals surface area (Å²) in [5.74, 6) is 0.925. The Hall–Kier alpha value is -1.07. The maximum absolute atomic E-state index is 12.1. The van der Waals surface area contributed by atoms with E-state index >= 15 is 0 Å².